The molecule has 23 heavy (non-hydrogen) atoms. The lowest BCUT2D eigenvalue weighted by molar-refractivity contribution is 0.123. The maximum Gasteiger partial charge on any atom is 0.260 e. The summed E-state index contributed by atoms with van der Waals surface area (Å²) in [5.41, 5.74) is 0. The van der Waals surface area contributed by atoms with E-state index in [4.69, 9.17) is 9.47 Å². The second-order valence-electron chi connectivity index (χ2n) is 5.06. The molecule has 1 fully saturated rings. The van der Waals surface area contributed by atoms with Gasteiger partial charge in [-0.15, -0.1) is 0 Å². The number of rotatable bonds is 5. The number of nitrogens with zero attached hydrogens (tertiary/aromatic N) is 4. The minimum Gasteiger partial charge on any atom is -0.480 e. The molecule has 0 saturated carbocycles. The highest BCUT2D eigenvalue weighted by molar-refractivity contribution is 7.89. The number of hydrogen-bond acceptors (Lipinski definition) is 7. The highest BCUT2D eigenvalue weighted by atomic mass is 32.2. The molecule has 1 aliphatic heterocycles. The number of aromatic amines is 1. The minimum atomic E-state index is -3.58. The minimum absolute atomic E-state index is 0.0827. The van der Waals surface area contributed by atoms with Gasteiger partial charge >= 0.3 is 0 Å². The van der Waals surface area contributed by atoms with E-state index in [0.717, 1.165) is 6.42 Å². The van der Waals surface area contributed by atoms with Gasteiger partial charge in [-0.2, -0.15) is 9.29 Å². The molecule has 0 spiro atoms. The summed E-state index contributed by atoms with van der Waals surface area (Å²) in [6.45, 7) is 0.700. The van der Waals surface area contributed by atoms with E-state index in [1.807, 2.05) is 0 Å². The summed E-state index contributed by atoms with van der Waals surface area (Å²) < 4.78 is 37.1. The number of hydrogen-bond donors (Lipinski definition) is 1. The Morgan fingerprint density at radius 2 is 2.09 bits per heavy atom. The molecule has 2 aromatic rings. The van der Waals surface area contributed by atoms with Crippen molar-refractivity contribution in [2.75, 3.05) is 20.2 Å². The summed E-state index contributed by atoms with van der Waals surface area (Å²) in [4.78, 5) is 14.5. The first kappa shape index (κ1) is 15.7. The van der Waals surface area contributed by atoms with Crippen molar-refractivity contribution in [3.63, 3.8) is 0 Å². The zero-order valence-corrected chi connectivity index (χ0v) is 13.4. The van der Waals surface area contributed by atoms with E-state index in [2.05, 4.69) is 19.9 Å². The van der Waals surface area contributed by atoms with Crippen LogP contribution in [0.3, 0.4) is 0 Å². The van der Waals surface area contributed by atoms with Crippen LogP contribution < -0.4 is 9.47 Å². The number of sulfonamides is 1. The fourth-order valence-corrected chi connectivity index (χ4v) is 3.81. The Morgan fingerprint density at radius 1 is 1.26 bits per heavy atom. The summed E-state index contributed by atoms with van der Waals surface area (Å²) in [6, 6.07) is 0. The fourth-order valence-electron chi connectivity index (χ4n) is 2.40. The molecule has 10 heteroatoms. The largest absolute Gasteiger partial charge is 0.480 e. The van der Waals surface area contributed by atoms with Crippen molar-refractivity contribution in [2.45, 2.75) is 24.0 Å². The number of nitrogens with one attached hydrogen (secondary N) is 1. The van der Waals surface area contributed by atoms with Crippen LogP contribution in [0.1, 0.15) is 12.8 Å². The molecule has 2 aromatic heterocycles. The van der Waals surface area contributed by atoms with E-state index in [1.54, 1.807) is 0 Å². The van der Waals surface area contributed by atoms with E-state index >= 15 is 0 Å². The zero-order chi connectivity index (χ0) is 16.3. The lowest BCUT2D eigenvalue weighted by Gasteiger charge is -2.31. The van der Waals surface area contributed by atoms with Crippen molar-refractivity contribution in [3.05, 3.63) is 24.9 Å². The average molecular weight is 339 g/mol. The smallest absolute Gasteiger partial charge is 0.260 e. The quantitative estimate of drug-likeness (QED) is 0.841. The van der Waals surface area contributed by atoms with Gasteiger partial charge < -0.3 is 14.5 Å². The zero-order valence-electron chi connectivity index (χ0n) is 12.5. The normalized spacial score (nSPS) is 19.4. The monoisotopic (exact) mass is 339 g/mol. The third-order valence-electron chi connectivity index (χ3n) is 3.52. The van der Waals surface area contributed by atoms with Gasteiger partial charge in [-0.3, -0.25) is 4.98 Å². The van der Waals surface area contributed by atoms with Crippen molar-refractivity contribution in [1.82, 2.24) is 24.2 Å². The van der Waals surface area contributed by atoms with Gasteiger partial charge in [-0.1, -0.05) is 0 Å². The maximum absolute atomic E-state index is 12.5. The lowest BCUT2D eigenvalue weighted by Crippen LogP contribution is -2.44. The summed E-state index contributed by atoms with van der Waals surface area (Å²) in [6.07, 6.45) is 6.75. The Morgan fingerprint density at radius 3 is 2.83 bits per heavy atom. The number of imidazole rings is 1. The van der Waals surface area contributed by atoms with Crippen LogP contribution in [-0.4, -0.2) is 59.0 Å². The van der Waals surface area contributed by atoms with Crippen LogP contribution >= 0.6 is 0 Å². The topological polar surface area (TPSA) is 110 Å². The van der Waals surface area contributed by atoms with Crippen molar-refractivity contribution in [2.24, 2.45) is 0 Å². The Balaban J connectivity index is 1.71. The van der Waals surface area contributed by atoms with Gasteiger partial charge in [0.2, 0.25) is 11.8 Å². The molecule has 1 aliphatic rings. The van der Waals surface area contributed by atoms with Crippen LogP contribution in [0.25, 0.3) is 0 Å². The first-order chi connectivity index (χ1) is 11.1. The molecule has 0 aromatic carbocycles. The third-order valence-corrected chi connectivity index (χ3v) is 5.31. The standard InChI is InChI=1S/C13H17N5O4S/c1-21-11-5-14-6-12(17-11)22-10-3-2-4-18(8-10)23(19,20)13-7-15-9-16-13/h5-7,9-10H,2-4,8H2,1H3,(H,15,16). The lowest BCUT2D eigenvalue weighted by atomic mass is 10.1. The molecule has 3 heterocycles. The number of H-pyrrole nitrogens is 1. The van der Waals surface area contributed by atoms with Gasteiger partial charge in [0, 0.05) is 6.54 Å². The Kier molecular flexibility index (Phi) is 4.44. The van der Waals surface area contributed by atoms with Gasteiger partial charge in [0.25, 0.3) is 10.0 Å². The molecule has 9 nitrogen and oxygen atoms in total. The van der Waals surface area contributed by atoms with Crippen molar-refractivity contribution < 1.29 is 17.9 Å². The molecule has 0 radical (unpaired) electrons. The van der Waals surface area contributed by atoms with Crippen molar-refractivity contribution in [3.8, 4) is 11.8 Å². The number of piperidine rings is 1. The molecule has 1 N–H and O–H groups in total. The Labute approximate surface area is 133 Å². The highest BCUT2D eigenvalue weighted by Crippen LogP contribution is 2.22. The molecular formula is C13H17N5O4S. The van der Waals surface area contributed by atoms with Crippen LogP contribution in [0.5, 0.6) is 11.8 Å². The summed E-state index contributed by atoms with van der Waals surface area (Å²) in [5, 5.41) is 0.0827. The van der Waals surface area contributed by atoms with Crippen LogP contribution in [0, 0.1) is 0 Å². The molecular weight excluding hydrogens is 322 g/mol. The van der Waals surface area contributed by atoms with Crippen LogP contribution in [0.4, 0.5) is 0 Å². The van der Waals surface area contributed by atoms with Gasteiger partial charge in [-0.25, -0.2) is 13.4 Å². The number of aromatic nitrogens is 4. The summed E-state index contributed by atoms with van der Waals surface area (Å²) in [5.74, 6) is 0.662. The van der Waals surface area contributed by atoms with Crippen molar-refractivity contribution >= 4 is 10.0 Å². The molecule has 3 rings (SSSR count). The first-order valence-corrected chi connectivity index (χ1v) is 8.55. The SMILES string of the molecule is COc1cncc(OC2CCCN(S(=O)(=O)c3cnc[nH]3)C2)n1. The molecule has 1 unspecified atom stereocenters. The Hall–Kier alpha value is -2.20. The molecule has 1 atom stereocenters. The summed E-state index contributed by atoms with van der Waals surface area (Å²) >= 11 is 0. The molecule has 0 amide bonds. The van der Waals surface area contributed by atoms with E-state index in [9.17, 15) is 8.42 Å². The van der Waals surface area contributed by atoms with Gasteiger partial charge in [0.15, 0.2) is 5.03 Å². The van der Waals surface area contributed by atoms with Crippen LogP contribution in [0.15, 0.2) is 29.9 Å². The van der Waals surface area contributed by atoms with E-state index in [1.165, 1.54) is 36.3 Å². The van der Waals surface area contributed by atoms with Gasteiger partial charge in [0.1, 0.15) is 6.10 Å². The maximum atomic E-state index is 12.5. The molecule has 124 valence electrons. The van der Waals surface area contributed by atoms with E-state index in [-0.39, 0.29) is 17.7 Å². The second kappa shape index (κ2) is 6.50. The third kappa shape index (κ3) is 3.42. The van der Waals surface area contributed by atoms with Crippen molar-refractivity contribution in [1.29, 1.82) is 0 Å². The predicted octanol–water partition coefficient (Wildman–Crippen LogP) is 0.440. The van der Waals surface area contributed by atoms with Crippen LogP contribution in [-0.2, 0) is 10.0 Å². The predicted molar refractivity (Wildman–Crippen MR) is 79.6 cm³/mol. The molecule has 0 bridgehead atoms. The molecule has 0 aliphatic carbocycles. The van der Waals surface area contributed by atoms with Gasteiger partial charge in [-0.05, 0) is 12.8 Å². The van der Waals surface area contributed by atoms with E-state index in [0.29, 0.717) is 24.7 Å². The summed E-state index contributed by atoms with van der Waals surface area (Å²) in [7, 11) is -2.09. The average Bonchev–Trinajstić information content (AvgIpc) is 3.10. The number of methoxy groups -OCH3 is 1. The number of ether oxygens (including phenoxy) is 2. The first-order valence-electron chi connectivity index (χ1n) is 7.11. The molecule has 1 saturated heterocycles. The Bertz CT molecular complexity index is 749. The highest BCUT2D eigenvalue weighted by Gasteiger charge is 2.32. The van der Waals surface area contributed by atoms with Crippen LogP contribution in [0.2, 0.25) is 0 Å². The van der Waals surface area contributed by atoms with Gasteiger partial charge in [0.05, 0.1) is 38.6 Å². The second-order valence-corrected chi connectivity index (χ2v) is 6.97. The fraction of sp³-hybridized carbons (Fsp3) is 0.462. The van der Waals surface area contributed by atoms with E-state index < -0.39 is 10.0 Å².